The van der Waals surface area contributed by atoms with Crippen LogP contribution in [0, 0.1) is 0 Å². The molecule has 1 amide bonds. The van der Waals surface area contributed by atoms with Crippen LogP contribution in [0.15, 0.2) is 0 Å². The molecular weight excluding hydrogens is 178 g/mol. The molecule has 0 bridgehead atoms. The monoisotopic (exact) mass is 191 g/mol. The van der Waals surface area contributed by atoms with Gasteiger partial charge in [0.05, 0.1) is 6.04 Å². The molecule has 0 radical (unpaired) electrons. The Balaban J connectivity index is 4.29. The van der Waals surface area contributed by atoms with E-state index in [4.69, 9.17) is 11.6 Å². The molecule has 0 spiro atoms. The molecule has 0 rings (SSSR count). The number of carbonyl (C=O) groups excluding carboxylic acids is 2. The first kappa shape index (κ1) is 11.4. The maximum absolute atomic E-state index is 11.1. The Morgan fingerprint density at radius 1 is 1.58 bits per heavy atom. The molecule has 0 aromatic carbocycles. The third-order valence-corrected chi connectivity index (χ3v) is 1.98. The lowest BCUT2D eigenvalue weighted by Crippen LogP contribution is -2.41. The summed E-state index contributed by atoms with van der Waals surface area (Å²) >= 11 is 5.38. The van der Waals surface area contributed by atoms with Crippen molar-refractivity contribution in [3.8, 4) is 0 Å². The molecule has 0 fully saturated rings. The summed E-state index contributed by atoms with van der Waals surface area (Å²) in [5.74, 6) is -0.240. The molecule has 0 aliphatic rings. The van der Waals surface area contributed by atoms with Gasteiger partial charge in [-0.15, -0.1) is 11.6 Å². The van der Waals surface area contributed by atoms with Crippen molar-refractivity contribution in [2.75, 3.05) is 12.4 Å². The van der Waals surface area contributed by atoms with Gasteiger partial charge in [0.1, 0.15) is 12.2 Å². The van der Waals surface area contributed by atoms with Crippen LogP contribution in [0.25, 0.3) is 0 Å². The highest BCUT2D eigenvalue weighted by Gasteiger charge is 2.18. The van der Waals surface area contributed by atoms with Gasteiger partial charge in [0.2, 0.25) is 5.91 Å². The SMILES string of the molecule is CCC(C=O)N(CC)C(=O)CCl. The standard InChI is InChI=1S/C8H14ClNO2/c1-3-7(6-11)10(4-2)8(12)5-9/h6-7H,3-5H2,1-2H3. The molecule has 1 unspecified atom stereocenters. The average molecular weight is 192 g/mol. The van der Waals surface area contributed by atoms with Crippen molar-refractivity contribution >= 4 is 23.8 Å². The van der Waals surface area contributed by atoms with Gasteiger partial charge < -0.3 is 9.69 Å². The zero-order valence-electron chi connectivity index (χ0n) is 7.42. The third-order valence-electron chi connectivity index (χ3n) is 1.75. The fourth-order valence-electron chi connectivity index (χ4n) is 1.06. The molecule has 4 heteroatoms. The van der Waals surface area contributed by atoms with Crippen LogP contribution in [0.3, 0.4) is 0 Å². The number of amides is 1. The topological polar surface area (TPSA) is 37.4 Å². The second-order valence-electron chi connectivity index (χ2n) is 2.43. The molecule has 70 valence electrons. The first-order chi connectivity index (χ1) is 5.71. The van der Waals surface area contributed by atoms with Gasteiger partial charge in [-0.1, -0.05) is 6.92 Å². The number of aldehydes is 1. The Morgan fingerprint density at radius 3 is 2.42 bits per heavy atom. The molecule has 0 heterocycles. The molecule has 1 atom stereocenters. The van der Waals surface area contributed by atoms with Gasteiger partial charge in [-0.05, 0) is 13.3 Å². The number of rotatable bonds is 5. The van der Waals surface area contributed by atoms with Crippen LogP contribution in [0.2, 0.25) is 0 Å². The minimum atomic E-state index is -0.318. The van der Waals surface area contributed by atoms with E-state index in [2.05, 4.69) is 0 Å². The molecular formula is C8H14ClNO2. The maximum atomic E-state index is 11.1. The summed E-state index contributed by atoms with van der Waals surface area (Å²) < 4.78 is 0. The highest BCUT2D eigenvalue weighted by molar-refractivity contribution is 6.27. The quantitative estimate of drug-likeness (QED) is 0.481. The zero-order valence-corrected chi connectivity index (χ0v) is 8.17. The second-order valence-corrected chi connectivity index (χ2v) is 2.69. The molecule has 0 aliphatic carbocycles. The Kier molecular flexibility index (Phi) is 5.72. The molecule has 0 N–H and O–H groups in total. The van der Waals surface area contributed by atoms with Crippen molar-refractivity contribution < 1.29 is 9.59 Å². The third kappa shape index (κ3) is 2.81. The van der Waals surface area contributed by atoms with Gasteiger partial charge in [-0.2, -0.15) is 0 Å². The molecule has 0 saturated heterocycles. The van der Waals surface area contributed by atoms with E-state index >= 15 is 0 Å². The molecule has 0 aromatic heterocycles. The van der Waals surface area contributed by atoms with E-state index in [1.54, 1.807) is 0 Å². The van der Waals surface area contributed by atoms with Gasteiger partial charge in [0.25, 0.3) is 0 Å². The lowest BCUT2D eigenvalue weighted by Gasteiger charge is -2.24. The lowest BCUT2D eigenvalue weighted by atomic mass is 10.2. The summed E-state index contributed by atoms with van der Waals surface area (Å²) in [6.45, 7) is 4.22. The lowest BCUT2D eigenvalue weighted by molar-refractivity contribution is -0.133. The van der Waals surface area contributed by atoms with Crippen molar-refractivity contribution in [1.82, 2.24) is 4.90 Å². The normalized spacial score (nSPS) is 12.2. The zero-order chi connectivity index (χ0) is 9.56. The van der Waals surface area contributed by atoms with Crippen LogP contribution >= 0.6 is 11.6 Å². The first-order valence-electron chi connectivity index (χ1n) is 4.01. The molecule has 3 nitrogen and oxygen atoms in total. The average Bonchev–Trinajstić information content (AvgIpc) is 2.12. The van der Waals surface area contributed by atoms with Crippen LogP contribution in [-0.2, 0) is 9.59 Å². The van der Waals surface area contributed by atoms with Crippen LogP contribution in [0.5, 0.6) is 0 Å². The van der Waals surface area contributed by atoms with E-state index in [0.717, 1.165) is 6.29 Å². The van der Waals surface area contributed by atoms with Crippen molar-refractivity contribution in [3.05, 3.63) is 0 Å². The van der Waals surface area contributed by atoms with E-state index in [9.17, 15) is 9.59 Å². The summed E-state index contributed by atoms with van der Waals surface area (Å²) in [6, 6.07) is -0.318. The first-order valence-corrected chi connectivity index (χ1v) is 4.55. The fraction of sp³-hybridized carbons (Fsp3) is 0.750. The predicted octanol–water partition coefficient (Wildman–Crippen LogP) is 1.05. The number of alkyl halides is 1. The summed E-state index contributed by atoms with van der Waals surface area (Å²) in [5.41, 5.74) is 0. The van der Waals surface area contributed by atoms with Crippen LogP contribution in [0.1, 0.15) is 20.3 Å². The predicted molar refractivity (Wildman–Crippen MR) is 48.3 cm³/mol. The van der Waals surface area contributed by atoms with Crippen LogP contribution in [0.4, 0.5) is 0 Å². The van der Waals surface area contributed by atoms with E-state index in [-0.39, 0.29) is 17.8 Å². The largest absolute Gasteiger partial charge is 0.332 e. The molecule has 0 aromatic rings. The Labute approximate surface area is 77.7 Å². The highest BCUT2D eigenvalue weighted by atomic mass is 35.5. The van der Waals surface area contributed by atoms with Gasteiger partial charge in [0, 0.05) is 6.54 Å². The summed E-state index contributed by atoms with van der Waals surface area (Å²) in [6.07, 6.45) is 1.42. The maximum Gasteiger partial charge on any atom is 0.238 e. The second kappa shape index (κ2) is 6.00. The van der Waals surface area contributed by atoms with Crippen LogP contribution < -0.4 is 0 Å². The summed E-state index contributed by atoms with van der Waals surface area (Å²) in [4.78, 5) is 23.1. The van der Waals surface area contributed by atoms with Gasteiger partial charge >= 0.3 is 0 Å². The van der Waals surface area contributed by atoms with Gasteiger partial charge in [-0.25, -0.2) is 0 Å². The Bertz CT molecular complexity index is 161. The van der Waals surface area contributed by atoms with Crippen molar-refractivity contribution in [3.63, 3.8) is 0 Å². The summed E-state index contributed by atoms with van der Waals surface area (Å²) in [5, 5.41) is 0. The van der Waals surface area contributed by atoms with Crippen LogP contribution in [-0.4, -0.2) is 35.6 Å². The van der Waals surface area contributed by atoms with E-state index in [0.29, 0.717) is 13.0 Å². The van der Waals surface area contributed by atoms with Crippen molar-refractivity contribution in [1.29, 1.82) is 0 Å². The van der Waals surface area contributed by atoms with Crippen molar-refractivity contribution in [2.45, 2.75) is 26.3 Å². The molecule has 12 heavy (non-hydrogen) atoms. The number of halogens is 1. The number of nitrogens with zero attached hydrogens (tertiary/aromatic N) is 1. The number of hydrogen-bond donors (Lipinski definition) is 0. The minimum absolute atomic E-state index is 0.0574. The highest BCUT2D eigenvalue weighted by Crippen LogP contribution is 2.02. The van der Waals surface area contributed by atoms with E-state index in [1.165, 1.54) is 4.90 Å². The fourth-order valence-corrected chi connectivity index (χ4v) is 1.22. The Morgan fingerprint density at radius 2 is 2.17 bits per heavy atom. The number of hydrogen-bond acceptors (Lipinski definition) is 2. The Hall–Kier alpha value is -0.570. The number of carbonyl (C=O) groups is 2. The molecule has 0 saturated carbocycles. The summed E-state index contributed by atoms with van der Waals surface area (Å²) in [7, 11) is 0. The number of likely N-dealkylation sites (N-methyl/N-ethyl adjacent to an activating group) is 1. The van der Waals surface area contributed by atoms with Gasteiger partial charge in [-0.3, -0.25) is 4.79 Å². The van der Waals surface area contributed by atoms with E-state index in [1.807, 2.05) is 13.8 Å². The van der Waals surface area contributed by atoms with E-state index < -0.39 is 0 Å². The van der Waals surface area contributed by atoms with Crippen molar-refractivity contribution in [2.24, 2.45) is 0 Å². The van der Waals surface area contributed by atoms with Gasteiger partial charge in [0.15, 0.2) is 0 Å². The smallest absolute Gasteiger partial charge is 0.238 e. The molecule has 0 aliphatic heterocycles. The minimum Gasteiger partial charge on any atom is -0.332 e.